The van der Waals surface area contributed by atoms with Crippen LogP contribution in [0.4, 0.5) is 0 Å². The first-order valence-electron chi connectivity index (χ1n) is 2.22. The molecule has 0 rings (SSSR count). The monoisotopic (exact) mass is 92.1 g/mol. The van der Waals surface area contributed by atoms with Crippen molar-refractivity contribution >= 4 is 12.9 Å². The van der Waals surface area contributed by atoms with Crippen molar-refractivity contribution < 1.29 is 0 Å². The van der Waals surface area contributed by atoms with Gasteiger partial charge in [-0.05, 0) is 0 Å². The summed E-state index contributed by atoms with van der Waals surface area (Å²) < 4.78 is 0. The van der Waals surface area contributed by atoms with Gasteiger partial charge in [-0.25, -0.2) is 0 Å². The van der Waals surface area contributed by atoms with Crippen LogP contribution in [-0.4, -0.2) is 12.9 Å². The van der Waals surface area contributed by atoms with Crippen LogP contribution < -0.4 is 0 Å². The molecule has 0 aromatic carbocycles. The molecule has 7 heavy (non-hydrogen) atoms. The molecule has 0 aliphatic carbocycles. The number of allylic oxidation sites excluding steroid dienone is 2. The first kappa shape index (κ1) is 6.41. The molecule has 0 fully saturated rings. The Morgan fingerprint density at radius 2 is 2.29 bits per heavy atom. The molecule has 0 aromatic heterocycles. The summed E-state index contributed by atoms with van der Waals surface area (Å²) in [5.41, 5.74) is 1.06. The molecular weight excluding hydrogens is 82.9 g/mol. The second-order valence-corrected chi connectivity index (χ2v) is 1.44. The fourth-order valence-electron chi connectivity index (χ4n) is 0.232. The van der Waals surface area contributed by atoms with Crippen molar-refractivity contribution in [3.8, 4) is 0 Å². The van der Waals surface area contributed by atoms with Crippen LogP contribution in [0.5, 0.6) is 0 Å². The van der Waals surface area contributed by atoms with Crippen LogP contribution in [0.3, 0.4) is 0 Å². The van der Waals surface area contributed by atoms with Crippen molar-refractivity contribution in [2.45, 2.75) is 6.92 Å². The molecule has 0 radical (unpaired) electrons. The van der Waals surface area contributed by atoms with E-state index in [1.807, 2.05) is 19.8 Å². The summed E-state index contributed by atoms with van der Waals surface area (Å²) in [5, 5.41) is 0. The molecule has 1 heteroatoms. The molecule has 0 heterocycles. The Balaban J connectivity index is 3.46. The Morgan fingerprint density at radius 3 is 2.43 bits per heavy atom. The van der Waals surface area contributed by atoms with E-state index in [4.69, 9.17) is 0 Å². The van der Waals surface area contributed by atoms with E-state index in [1.165, 1.54) is 0 Å². The standard InChI is InChI=1S/C6H9B/c1-4-5-7-6(2)3/h4-5H,1-2H2,3H3. The topological polar surface area (TPSA) is 0 Å². The summed E-state index contributed by atoms with van der Waals surface area (Å²) in [5.74, 6) is 1.86. The van der Waals surface area contributed by atoms with Gasteiger partial charge in [-0.1, -0.05) is 0 Å². The van der Waals surface area contributed by atoms with Gasteiger partial charge in [0.1, 0.15) is 0 Å². The minimum absolute atomic E-state index is 1.06. The number of hydrogen-bond donors (Lipinski definition) is 0. The van der Waals surface area contributed by atoms with Gasteiger partial charge in [0.2, 0.25) is 0 Å². The summed E-state index contributed by atoms with van der Waals surface area (Å²) >= 11 is 0. The van der Waals surface area contributed by atoms with E-state index in [-0.39, 0.29) is 0 Å². The Bertz CT molecular complexity index is 101. The summed E-state index contributed by atoms with van der Waals surface area (Å²) in [6.45, 7) is 11.0. The second kappa shape index (κ2) is 3.60. The fourth-order valence-corrected chi connectivity index (χ4v) is 0.232. The molecule has 0 saturated heterocycles. The van der Waals surface area contributed by atoms with Crippen LogP contribution in [0, 0.1) is 0 Å². The van der Waals surface area contributed by atoms with Gasteiger partial charge in [-0.2, -0.15) is 0 Å². The minimum atomic E-state index is 1.06. The van der Waals surface area contributed by atoms with Gasteiger partial charge in [0.25, 0.3) is 0 Å². The van der Waals surface area contributed by atoms with Crippen LogP contribution in [0.2, 0.25) is 0 Å². The number of hydrogen-bond acceptors (Lipinski definition) is 0. The summed E-state index contributed by atoms with van der Waals surface area (Å²) in [4.78, 5) is 0. The third-order valence-corrected chi connectivity index (χ3v) is 0.517. The van der Waals surface area contributed by atoms with Crippen LogP contribution in [-0.2, 0) is 0 Å². The van der Waals surface area contributed by atoms with Gasteiger partial charge in [0, 0.05) is 0 Å². The first-order valence-corrected chi connectivity index (χ1v) is 2.22. The number of rotatable bonds is 2. The van der Waals surface area contributed by atoms with Crippen molar-refractivity contribution in [3.05, 3.63) is 24.7 Å². The molecule has 0 unspecified atom stereocenters. The van der Waals surface area contributed by atoms with Gasteiger partial charge < -0.3 is 0 Å². The zero-order chi connectivity index (χ0) is 5.70. The molecule has 0 aromatic rings. The van der Waals surface area contributed by atoms with Gasteiger partial charge in [-0.3, -0.25) is 0 Å². The van der Waals surface area contributed by atoms with Gasteiger partial charge in [0.05, 0.1) is 0 Å². The summed E-state index contributed by atoms with van der Waals surface area (Å²) in [7, 11) is 0. The van der Waals surface area contributed by atoms with Crippen molar-refractivity contribution in [1.29, 1.82) is 0 Å². The van der Waals surface area contributed by atoms with Crippen LogP contribution >= 0.6 is 0 Å². The SMILES string of the molecule is C=CC=BC(=C)C. The average Bonchev–Trinajstić information content (AvgIpc) is 1.61. The molecular formula is C6H9B. The van der Waals surface area contributed by atoms with Gasteiger partial charge in [0.15, 0.2) is 0 Å². The van der Waals surface area contributed by atoms with Gasteiger partial charge in [-0.15, -0.1) is 0 Å². The quantitative estimate of drug-likeness (QED) is 0.449. The van der Waals surface area contributed by atoms with Crippen LogP contribution in [0.1, 0.15) is 6.92 Å². The average molecular weight is 91.9 g/mol. The second-order valence-electron chi connectivity index (χ2n) is 1.44. The maximum absolute atomic E-state index is 3.66. The molecule has 0 atom stereocenters. The fraction of sp³-hybridized carbons (Fsp3) is 0.167. The normalized spacial score (nSPS) is 8.14. The summed E-state index contributed by atoms with van der Waals surface area (Å²) in [6, 6.07) is 0. The molecule has 0 aliphatic heterocycles. The van der Waals surface area contributed by atoms with E-state index in [0.717, 1.165) is 5.47 Å². The van der Waals surface area contributed by atoms with Crippen molar-refractivity contribution in [1.82, 2.24) is 0 Å². The van der Waals surface area contributed by atoms with Crippen LogP contribution in [0.15, 0.2) is 24.7 Å². The Labute approximate surface area is 45.5 Å². The zero-order valence-electron chi connectivity index (χ0n) is 4.65. The predicted octanol–water partition coefficient (Wildman–Crippen LogP) is 1.21. The Hall–Kier alpha value is -0.585. The molecule has 0 N–H and O–H groups in total. The van der Waals surface area contributed by atoms with E-state index in [1.54, 1.807) is 6.08 Å². The van der Waals surface area contributed by atoms with Crippen molar-refractivity contribution in [2.24, 2.45) is 0 Å². The maximum atomic E-state index is 3.66. The van der Waals surface area contributed by atoms with E-state index in [9.17, 15) is 0 Å². The molecule has 0 amide bonds. The summed E-state index contributed by atoms with van der Waals surface area (Å²) in [6.07, 6.45) is 1.73. The van der Waals surface area contributed by atoms with E-state index < -0.39 is 0 Å². The molecule has 0 bridgehead atoms. The molecule has 0 nitrogen and oxygen atoms in total. The molecule has 0 spiro atoms. The third kappa shape index (κ3) is 5.41. The van der Waals surface area contributed by atoms with E-state index >= 15 is 0 Å². The Kier molecular flexibility index (Phi) is 3.30. The van der Waals surface area contributed by atoms with E-state index in [0.29, 0.717) is 0 Å². The van der Waals surface area contributed by atoms with E-state index in [2.05, 4.69) is 13.2 Å². The third-order valence-electron chi connectivity index (χ3n) is 0.517. The van der Waals surface area contributed by atoms with Gasteiger partial charge >= 0.3 is 44.5 Å². The molecule has 0 aliphatic rings. The zero-order valence-corrected chi connectivity index (χ0v) is 4.65. The first-order chi connectivity index (χ1) is 3.27. The Morgan fingerprint density at radius 1 is 1.71 bits per heavy atom. The van der Waals surface area contributed by atoms with Crippen molar-refractivity contribution in [3.63, 3.8) is 0 Å². The predicted molar refractivity (Wildman–Crippen MR) is 36.8 cm³/mol. The molecule has 36 valence electrons. The van der Waals surface area contributed by atoms with Crippen LogP contribution in [0.25, 0.3) is 0 Å². The molecule has 0 saturated carbocycles. The van der Waals surface area contributed by atoms with Crippen molar-refractivity contribution in [2.75, 3.05) is 0 Å².